The summed E-state index contributed by atoms with van der Waals surface area (Å²) in [5.41, 5.74) is 2.78. The number of nitrogens with one attached hydrogen (secondary N) is 2. The average molecular weight is 359 g/mol. The van der Waals surface area contributed by atoms with E-state index in [1.54, 1.807) is 11.3 Å². The Morgan fingerprint density at radius 2 is 2.12 bits per heavy atom. The Bertz CT molecular complexity index is 737. The summed E-state index contributed by atoms with van der Waals surface area (Å²) in [6, 6.07) is 7.95. The topological polar surface area (TPSA) is 57.3 Å². The molecule has 1 aliphatic heterocycles. The predicted octanol–water partition coefficient (Wildman–Crippen LogP) is 2.45. The average Bonchev–Trinajstić information content (AvgIpc) is 2.94. The van der Waals surface area contributed by atoms with E-state index in [1.165, 1.54) is 0 Å². The Hall–Kier alpha value is -1.76. The Balaban J connectivity index is 1.65. The van der Waals surface area contributed by atoms with Gasteiger partial charge in [0.2, 0.25) is 0 Å². The third-order valence-electron chi connectivity index (χ3n) is 4.41. The summed E-state index contributed by atoms with van der Waals surface area (Å²) in [5, 5.41) is 7.53. The van der Waals surface area contributed by atoms with Gasteiger partial charge in [-0.05, 0) is 38.5 Å². The van der Waals surface area contributed by atoms with Gasteiger partial charge in [-0.15, -0.1) is 11.3 Å². The van der Waals surface area contributed by atoms with Crippen LogP contribution in [0.2, 0.25) is 0 Å². The lowest BCUT2D eigenvalue weighted by molar-refractivity contribution is 0.0927. The minimum Gasteiger partial charge on any atom is -0.348 e. The van der Waals surface area contributed by atoms with Gasteiger partial charge in [-0.25, -0.2) is 4.98 Å². The van der Waals surface area contributed by atoms with Crippen molar-refractivity contribution in [2.45, 2.75) is 26.8 Å². The van der Waals surface area contributed by atoms with Gasteiger partial charge in [-0.2, -0.15) is 0 Å². The molecular weight excluding hydrogens is 332 g/mol. The van der Waals surface area contributed by atoms with Crippen molar-refractivity contribution in [3.63, 3.8) is 0 Å². The second-order valence-corrected chi connectivity index (χ2v) is 7.86. The minimum absolute atomic E-state index is 0.0108. The van der Waals surface area contributed by atoms with Crippen LogP contribution in [0.3, 0.4) is 0 Å². The summed E-state index contributed by atoms with van der Waals surface area (Å²) < 4.78 is 0. The number of hydrogen-bond acceptors (Lipinski definition) is 5. The molecule has 1 aromatic heterocycles. The van der Waals surface area contributed by atoms with E-state index in [0.717, 1.165) is 53.9 Å². The fourth-order valence-corrected chi connectivity index (χ4v) is 4.15. The molecule has 0 spiro atoms. The Kier molecular flexibility index (Phi) is 5.83. The largest absolute Gasteiger partial charge is 0.348 e. The molecule has 2 heterocycles. The Labute approximate surface area is 153 Å². The molecule has 0 aliphatic carbocycles. The van der Waals surface area contributed by atoms with Crippen LogP contribution >= 0.6 is 11.3 Å². The summed E-state index contributed by atoms with van der Waals surface area (Å²) in [6.07, 6.45) is 0. The highest BCUT2D eigenvalue weighted by atomic mass is 32.1. The maximum absolute atomic E-state index is 12.6. The van der Waals surface area contributed by atoms with E-state index in [-0.39, 0.29) is 11.9 Å². The van der Waals surface area contributed by atoms with E-state index in [2.05, 4.69) is 27.4 Å². The van der Waals surface area contributed by atoms with Gasteiger partial charge in [0, 0.05) is 44.3 Å². The number of piperazine rings is 1. The van der Waals surface area contributed by atoms with E-state index in [0.29, 0.717) is 5.56 Å². The molecule has 0 bridgehead atoms. The molecular formula is C19H26N4OS. The quantitative estimate of drug-likeness (QED) is 0.862. The molecule has 6 heteroatoms. The van der Waals surface area contributed by atoms with E-state index >= 15 is 0 Å². The fraction of sp³-hybridized carbons (Fsp3) is 0.474. The lowest BCUT2D eigenvalue weighted by Gasteiger charge is -2.29. The smallest absolute Gasteiger partial charge is 0.251 e. The molecule has 5 nitrogen and oxygen atoms in total. The first-order valence-electron chi connectivity index (χ1n) is 8.81. The maximum atomic E-state index is 12.6. The van der Waals surface area contributed by atoms with Crippen LogP contribution in [0.1, 0.15) is 28.0 Å². The van der Waals surface area contributed by atoms with Crippen LogP contribution in [-0.2, 0) is 0 Å². The van der Waals surface area contributed by atoms with E-state index in [4.69, 9.17) is 0 Å². The number of benzene rings is 1. The molecule has 0 radical (unpaired) electrons. The van der Waals surface area contributed by atoms with Gasteiger partial charge in [0.25, 0.3) is 5.91 Å². The number of hydrogen-bond donors (Lipinski definition) is 2. The van der Waals surface area contributed by atoms with Crippen molar-refractivity contribution >= 4 is 17.2 Å². The van der Waals surface area contributed by atoms with Gasteiger partial charge in [0.1, 0.15) is 0 Å². The zero-order chi connectivity index (χ0) is 17.8. The zero-order valence-corrected chi connectivity index (χ0v) is 15.9. The van der Waals surface area contributed by atoms with Gasteiger partial charge < -0.3 is 10.6 Å². The summed E-state index contributed by atoms with van der Waals surface area (Å²) in [6.45, 7) is 11.1. The molecule has 134 valence electrons. The molecule has 1 unspecified atom stereocenters. The third-order valence-corrected chi connectivity index (χ3v) is 5.53. The molecule has 1 atom stereocenters. The van der Waals surface area contributed by atoms with Crippen LogP contribution in [0.4, 0.5) is 0 Å². The summed E-state index contributed by atoms with van der Waals surface area (Å²) in [5.74, 6) is -0.0108. The van der Waals surface area contributed by atoms with Gasteiger partial charge >= 0.3 is 0 Å². The Morgan fingerprint density at radius 1 is 1.36 bits per heavy atom. The Morgan fingerprint density at radius 3 is 2.80 bits per heavy atom. The van der Waals surface area contributed by atoms with Crippen LogP contribution in [0.15, 0.2) is 24.3 Å². The summed E-state index contributed by atoms with van der Waals surface area (Å²) in [4.78, 5) is 20.6. The van der Waals surface area contributed by atoms with Crippen molar-refractivity contribution in [3.8, 4) is 10.4 Å². The first-order valence-corrected chi connectivity index (χ1v) is 9.63. The highest BCUT2D eigenvalue weighted by Gasteiger charge is 2.16. The van der Waals surface area contributed by atoms with Gasteiger partial charge in [0.05, 0.1) is 15.6 Å². The second-order valence-electron chi connectivity index (χ2n) is 6.65. The fourth-order valence-electron chi connectivity index (χ4n) is 3.23. The molecule has 1 aliphatic rings. The standard InChI is InChI=1S/C19H26N4OS/c1-13(12-23-9-7-20-8-10-23)21-19(24)17-6-4-5-16(11-17)18-14(2)22-15(3)25-18/h4-6,11,13,20H,7-10,12H2,1-3H3,(H,21,24). The third kappa shape index (κ3) is 4.66. The van der Waals surface area contributed by atoms with Gasteiger partial charge in [-0.3, -0.25) is 9.69 Å². The normalized spacial score (nSPS) is 16.6. The lowest BCUT2D eigenvalue weighted by atomic mass is 10.1. The van der Waals surface area contributed by atoms with Crippen LogP contribution in [-0.4, -0.2) is 54.6 Å². The van der Waals surface area contributed by atoms with Crippen molar-refractivity contribution < 1.29 is 4.79 Å². The number of carbonyl (C=O) groups is 1. The zero-order valence-electron chi connectivity index (χ0n) is 15.1. The molecule has 1 amide bonds. The van der Waals surface area contributed by atoms with Crippen molar-refractivity contribution in [1.29, 1.82) is 0 Å². The molecule has 0 saturated carbocycles. The van der Waals surface area contributed by atoms with Crippen LogP contribution < -0.4 is 10.6 Å². The molecule has 25 heavy (non-hydrogen) atoms. The molecule has 2 aromatic rings. The molecule has 2 N–H and O–H groups in total. The number of rotatable bonds is 5. The van der Waals surface area contributed by atoms with Crippen LogP contribution in [0.25, 0.3) is 10.4 Å². The maximum Gasteiger partial charge on any atom is 0.251 e. The number of aryl methyl sites for hydroxylation is 2. The second kappa shape index (κ2) is 8.08. The number of carbonyl (C=O) groups excluding carboxylic acids is 1. The number of amides is 1. The number of thiazole rings is 1. The summed E-state index contributed by atoms with van der Waals surface area (Å²) >= 11 is 1.67. The monoisotopic (exact) mass is 358 g/mol. The van der Waals surface area contributed by atoms with Crippen LogP contribution in [0.5, 0.6) is 0 Å². The summed E-state index contributed by atoms with van der Waals surface area (Å²) in [7, 11) is 0. The van der Waals surface area contributed by atoms with E-state index < -0.39 is 0 Å². The molecule has 1 fully saturated rings. The molecule has 1 saturated heterocycles. The van der Waals surface area contributed by atoms with Gasteiger partial charge in [-0.1, -0.05) is 12.1 Å². The molecule has 3 rings (SSSR count). The van der Waals surface area contributed by atoms with Crippen molar-refractivity contribution in [1.82, 2.24) is 20.5 Å². The first-order chi connectivity index (χ1) is 12.0. The lowest BCUT2D eigenvalue weighted by Crippen LogP contribution is -2.49. The first kappa shape index (κ1) is 18.0. The predicted molar refractivity (Wildman–Crippen MR) is 103 cm³/mol. The highest BCUT2D eigenvalue weighted by molar-refractivity contribution is 7.15. The van der Waals surface area contributed by atoms with Gasteiger partial charge in [0.15, 0.2) is 0 Å². The van der Waals surface area contributed by atoms with Crippen molar-refractivity contribution in [2.24, 2.45) is 0 Å². The van der Waals surface area contributed by atoms with Crippen LogP contribution in [0, 0.1) is 13.8 Å². The van der Waals surface area contributed by atoms with Crippen molar-refractivity contribution in [2.75, 3.05) is 32.7 Å². The number of nitrogens with zero attached hydrogens (tertiary/aromatic N) is 2. The van der Waals surface area contributed by atoms with Crippen molar-refractivity contribution in [3.05, 3.63) is 40.5 Å². The number of aromatic nitrogens is 1. The highest BCUT2D eigenvalue weighted by Crippen LogP contribution is 2.30. The SMILES string of the molecule is Cc1nc(C)c(-c2cccc(C(=O)NC(C)CN3CCNCC3)c2)s1. The van der Waals surface area contributed by atoms with E-state index in [1.807, 2.05) is 38.1 Å². The van der Waals surface area contributed by atoms with E-state index in [9.17, 15) is 4.79 Å². The molecule has 1 aromatic carbocycles. The minimum atomic E-state index is -0.0108.